The van der Waals surface area contributed by atoms with Crippen LogP contribution in [0, 0.1) is 0 Å². The van der Waals surface area contributed by atoms with E-state index in [4.69, 9.17) is 18.9 Å². The molecule has 166 valence electrons. The van der Waals surface area contributed by atoms with Crippen LogP contribution in [0.3, 0.4) is 0 Å². The SMILES string of the molecule is COc1ccc(CCc2cc(OC)cc(C(=O)C(=O)c3cc(OC)cc(OC)c3)c2)cc1. The molecule has 0 atom stereocenters. The fourth-order valence-corrected chi connectivity index (χ4v) is 3.34. The molecule has 3 aromatic carbocycles. The van der Waals surface area contributed by atoms with Crippen molar-refractivity contribution < 1.29 is 28.5 Å². The van der Waals surface area contributed by atoms with Crippen LogP contribution in [0.25, 0.3) is 0 Å². The molecular weight excluding hydrogens is 408 g/mol. The zero-order valence-electron chi connectivity index (χ0n) is 18.6. The highest BCUT2D eigenvalue weighted by molar-refractivity contribution is 6.49. The van der Waals surface area contributed by atoms with Crippen molar-refractivity contribution in [2.75, 3.05) is 28.4 Å². The Morgan fingerprint density at radius 2 is 0.969 bits per heavy atom. The molecule has 0 bridgehead atoms. The van der Waals surface area contributed by atoms with Crippen molar-refractivity contribution >= 4 is 11.6 Å². The maximum Gasteiger partial charge on any atom is 0.233 e. The Morgan fingerprint density at radius 1 is 0.531 bits per heavy atom. The minimum absolute atomic E-state index is 0.203. The number of aryl methyl sites for hydroxylation is 2. The lowest BCUT2D eigenvalue weighted by molar-refractivity contribution is 0.0816. The van der Waals surface area contributed by atoms with Crippen LogP contribution < -0.4 is 18.9 Å². The molecule has 0 saturated carbocycles. The van der Waals surface area contributed by atoms with E-state index in [9.17, 15) is 9.59 Å². The number of ketones is 2. The first-order valence-corrected chi connectivity index (χ1v) is 10.1. The monoisotopic (exact) mass is 434 g/mol. The molecule has 0 heterocycles. The van der Waals surface area contributed by atoms with E-state index in [1.54, 1.807) is 25.3 Å². The fourth-order valence-electron chi connectivity index (χ4n) is 3.34. The Hall–Kier alpha value is -3.80. The van der Waals surface area contributed by atoms with Crippen LogP contribution in [0.1, 0.15) is 31.8 Å². The van der Waals surface area contributed by atoms with Crippen LogP contribution in [0.4, 0.5) is 0 Å². The fraction of sp³-hybridized carbons (Fsp3) is 0.231. The minimum atomic E-state index is -0.642. The van der Waals surface area contributed by atoms with Crippen LogP contribution in [0.2, 0.25) is 0 Å². The Balaban J connectivity index is 1.83. The number of methoxy groups -OCH3 is 4. The van der Waals surface area contributed by atoms with Gasteiger partial charge in [0.25, 0.3) is 0 Å². The van der Waals surface area contributed by atoms with Crippen molar-refractivity contribution in [3.8, 4) is 23.0 Å². The molecule has 0 amide bonds. The summed E-state index contributed by atoms with van der Waals surface area (Å²) in [7, 11) is 6.14. The van der Waals surface area contributed by atoms with Crippen molar-refractivity contribution in [1.82, 2.24) is 0 Å². The standard InChI is InChI=1S/C26H26O6/c1-29-21-9-7-17(8-10-21)5-6-18-11-19(13-22(12-18)30-2)25(27)26(28)20-14-23(31-3)16-24(15-20)32-4/h7-16H,5-6H2,1-4H3. The van der Waals surface area contributed by atoms with E-state index in [0.717, 1.165) is 23.3 Å². The molecule has 0 aromatic heterocycles. The molecule has 32 heavy (non-hydrogen) atoms. The molecule has 6 nitrogen and oxygen atoms in total. The number of ether oxygens (including phenoxy) is 4. The van der Waals surface area contributed by atoms with Gasteiger partial charge in [0, 0.05) is 17.2 Å². The second kappa shape index (κ2) is 10.5. The summed E-state index contributed by atoms with van der Waals surface area (Å²) in [6.45, 7) is 0. The third kappa shape index (κ3) is 5.46. The number of hydrogen-bond acceptors (Lipinski definition) is 6. The van der Waals surface area contributed by atoms with Gasteiger partial charge in [-0.15, -0.1) is 0 Å². The molecule has 3 rings (SSSR count). The van der Waals surface area contributed by atoms with Crippen LogP contribution in [-0.4, -0.2) is 40.0 Å². The lowest BCUT2D eigenvalue weighted by Crippen LogP contribution is -2.15. The highest BCUT2D eigenvalue weighted by Gasteiger charge is 2.21. The van der Waals surface area contributed by atoms with Gasteiger partial charge in [-0.2, -0.15) is 0 Å². The first-order valence-electron chi connectivity index (χ1n) is 10.1. The van der Waals surface area contributed by atoms with Crippen molar-refractivity contribution in [1.29, 1.82) is 0 Å². The quantitative estimate of drug-likeness (QED) is 0.344. The van der Waals surface area contributed by atoms with Gasteiger partial charge in [-0.1, -0.05) is 12.1 Å². The van der Waals surface area contributed by atoms with Crippen LogP contribution in [-0.2, 0) is 12.8 Å². The number of Topliss-reactive ketones (excluding diaryl/α,β-unsaturated/α-hetero) is 2. The van der Waals surface area contributed by atoms with Crippen molar-refractivity contribution in [2.24, 2.45) is 0 Å². The van der Waals surface area contributed by atoms with Gasteiger partial charge < -0.3 is 18.9 Å². The normalized spacial score (nSPS) is 10.4. The lowest BCUT2D eigenvalue weighted by atomic mass is 9.97. The van der Waals surface area contributed by atoms with E-state index >= 15 is 0 Å². The predicted octanol–water partition coefficient (Wildman–Crippen LogP) is 4.57. The van der Waals surface area contributed by atoms with Gasteiger partial charge in [-0.3, -0.25) is 9.59 Å². The second-order valence-electron chi connectivity index (χ2n) is 7.18. The number of carbonyl (C=O) groups is 2. The maximum absolute atomic E-state index is 13.0. The molecule has 0 aliphatic carbocycles. The average Bonchev–Trinajstić information content (AvgIpc) is 2.86. The molecule has 0 aliphatic rings. The average molecular weight is 434 g/mol. The summed E-state index contributed by atoms with van der Waals surface area (Å²) in [6, 6.07) is 17.7. The molecule has 0 spiro atoms. The summed E-state index contributed by atoms with van der Waals surface area (Å²) in [6.07, 6.45) is 1.46. The Bertz CT molecular complexity index is 1080. The van der Waals surface area contributed by atoms with Gasteiger partial charge in [0.05, 0.1) is 28.4 Å². The molecular formula is C26H26O6. The summed E-state index contributed by atoms with van der Waals surface area (Å²) >= 11 is 0. The van der Waals surface area contributed by atoms with Gasteiger partial charge in [0.2, 0.25) is 11.6 Å². The lowest BCUT2D eigenvalue weighted by Gasteiger charge is -2.10. The van der Waals surface area contributed by atoms with Gasteiger partial charge in [0.15, 0.2) is 0 Å². The molecule has 0 radical (unpaired) electrons. The van der Waals surface area contributed by atoms with E-state index in [1.165, 1.54) is 33.5 Å². The summed E-state index contributed by atoms with van der Waals surface area (Å²) < 4.78 is 21.0. The number of carbonyl (C=O) groups excluding carboxylic acids is 2. The highest BCUT2D eigenvalue weighted by atomic mass is 16.5. The molecule has 0 fully saturated rings. The van der Waals surface area contributed by atoms with Crippen LogP contribution >= 0.6 is 0 Å². The van der Waals surface area contributed by atoms with E-state index in [0.29, 0.717) is 23.7 Å². The third-order valence-electron chi connectivity index (χ3n) is 5.15. The van der Waals surface area contributed by atoms with Gasteiger partial charge in [-0.25, -0.2) is 0 Å². The molecule has 0 unspecified atom stereocenters. The molecule has 0 N–H and O–H groups in total. The number of rotatable bonds is 10. The van der Waals surface area contributed by atoms with Crippen molar-refractivity contribution in [3.05, 3.63) is 82.9 Å². The van der Waals surface area contributed by atoms with Crippen LogP contribution in [0.15, 0.2) is 60.7 Å². The van der Waals surface area contributed by atoms with Gasteiger partial charge >= 0.3 is 0 Å². The second-order valence-corrected chi connectivity index (χ2v) is 7.18. The maximum atomic E-state index is 13.0. The summed E-state index contributed by atoms with van der Waals surface area (Å²) in [4.78, 5) is 25.9. The first kappa shape index (κ1) is 22.9. The molecule has 0 aliphatic heterocycles. The Kier molecular flexibility index (Phi) is 7.49. The Morgan fingerprint density at radius 3 is 1.47 bits per heavy atom. The van der Waals surface area contributed by atoms with E-state index < -0.39 is 11.6 Å². The smallest absolute Gasteiger partial charge is 0.233 e. The summed E-state index contributed by atoms with van der Waals surface area (Å²) in [5.41, 5.74) is 2.52. The van der Waals surface area contributed by atoms with E-state index in [-0.39, 0.29) is 11.1 Å². The summed E-state index contributed by atoms with van der Waals surface area (Å²) in [5.74, 6) is 0.936. The van der Waals surface area contributed by atoms with E-state index in [2.05, 4.69) is 0 Å². The number of benzene rings is 3. The van der Waals surface area contributed by atoms with Gasteiger partial charge in [-0.05, 0) is 66.4 Å². The predicted molar refractivity (Wildman–Crippen MR) is 122 cm³/mol. The molecule has 6 heteroatoms. The van der Waals surface area contributed by atoms with E-state index in [1.807, 2.05) is 30.3 Å². The van der Waals surface area contributed by atoms with Crippen LogP contribution in [0.5, 0.6) is 23.0 Å². The van der Waals surface area contributed by atoms with Crippen molar-refractivity contribution in [2.45, 2.75) is 12.8 Å². The molecule has 3 aromatic rings. The molecule has 0 saturated heterocycles. The zero-order chi connectivity index (χ0) is 23.1. The largest absolute Gasteiger partial charge is 0.497 e. The van der Waals surface area contributed by atoms with Crippen molar-refractivity contribution in [3.63, 3.8) is 0 Å². The minimum Gasteiger partial charge on any atom is -0.497 e. The first-order chi connectivity index (χ1) is 15.5. The summed E-state index contributed by atoms with van der Waals surface area (Å²) in [5, 5.41) is 0. The highest BCUT2D eigenvalue weighted by Crippen LogP contribution is 2.25. The number of hydrogen-bond donors (Lipinski definition) is 0. The third-order valence-corrected chi connectivity index (χ3v) is 5.15. The Labute approximate surface area is 187 Å². The zero-order valence-corrected chi connectivity index (χ0v) is 18.6. The van der Waals surface area contributed by atoms with Gasteiger partial charge in [0.1, 0.15) is 23.0 Å². The topological polar surface area (TPSA) is 71.1 Å².